The lowest BCUT2D eigenvalue weighted by Gasteiger charge is -2.08. The zero-order chi connectivity index (χ0) is 14.2. The number of unbranched alkanes of at least 4 members (excludes halogenated alkanes) is 2. The summed E-state index contributed by atoms with van der Waals surface area (Å²) in [7, 11) is 0. The summed E-state index contributed by atoms with van der Waals surface area (Å²) in [6.45, 7) is 3.03. The molecule has 0 aliphatic heterocycles. The molecule has 5 heteroatoms. The Bertz CT molecular complexity index is 545. The molecule has 1 aromatic carbocycles. The fourth-order valence-corrected chi connectivity index (χ4v) is 1.80. The second-order valence-electron chi connectivity index (χ2n) is 4.53. The van der Waals surface area contributed by atoms with E-state index in [1.54, 1.807) is 24.4 Å². The van der Waals surface area contributed by atoms with Crippen LogP contribution in [-0.2, 0) is 0 Å². The fraction of sp³-hybridized carbons (Fsp3) is 0.333. The van der Waals surface area contributed by atoms with Gasteiger partial charge in [0, 0.05) is 18.4 Å². The molecule has 2 rings (SSSR count). The summed E-state index contributed by atoms with van der Waals surface area (Å²) in [5.74, 6) is 0.952. The Morgan fingerprint density at radius 3 is 2.90 bits per heavy atom. The van der Waals surface area contributed by atoms with Gasteiger partial charge in [-0.15, -0.1) is 0 Å². The molecule has 2 N–H and O–H groups in total. The first-order chi connectivity index (χ1) is 9.78. The van der Waals surface area contributed by atoms with Crippen LogP contribution in [0.15, 0.2) is 36.5 Å². The monoisotopic (exact) mass is 274 g/mol. The van der Waals surface area contributed by atoms with E-state index in [0.29, 0.717) is 17.5 Å². The summed E-state index contributed by atoms with van der Waals surface area (Å²) >= 11 is 0. The van der Waals surface area contributed by atoms with E-state index in [1.807, 2.05) is 0 Å². The quantitative estimate of drug-likeness (QED) is 0.750. The first kappa shape index (κ1) is 14.2. The van der Waals surface area contributed by atoms with Crippen molar-refractivity contribution in [1.82, 2.24) is 9.97 Å². The van der Waals surface area contributed by atoms with Gasteiger partial charge in [0.25, 0.3) is 0 Å². The first-order valence-electron chi connectivity index (χ1n) is 6.87. The Morgan fingerprint density at radius 2 is 2.10 bits per heavy atom. The van der Waals surface area contributed by atoms with E-state index in [-0.39, 0.29) is 5.82 Å². The predicted molar refractivity (Wildman–Crippen MR) is 79.7 cm³/mol. The van der Waals surface area contributed by atoms with Crippen LogP contribution < -0.4 is 10.6 Å². The smallest absolute Gasteiger partial charge is 0.224 e. The molecule has 0 saturated carbocycles. The molecule has 0 spiro atoms. The topological polar surface area (TPSA) is 49.8 Å². The normalized spacial score (nSPS) is 10.3. The minimum atomic E-state index is -0.276. The van der Waals surface area contributed by atoms with Crippen molar-refractivity contribution in [1.29, 1.82) is 0 Å². The largest absolute Gasteiger partial charge is 0.354 e. The van der Waals surface area contributed by atoms with Gasteiger partial charge in [-0.25, -0.2) is 9.37 Å². The first-order valence-corrected chi connectivity index (χ1v) is 6.87. The molecule has 1 heterocycles. The van der Waals surface area contributed by atoms with Crippen LogP contribution >= 0.6 is 0 Å². The van der Waals surface area contributed by atoms with Gasteiger partial charge < -0.3 is 10.6 Å². The van der Waals surface area contributed by atoms with Crippen molar-refractivity contribution < 1.29 is 4.39 Å². The van der Waals surface area contributed by atoms with Crippen LogP contribution in [0.1, 0.15) is 26.2 Å². The number of halogens is 1. The summed E-state index contributed by atoms with van der Waals surface area (Å²) in [6.07, 6.45) is 5.15. The van der Waals surface area contributed by atoms with E-state index in [1.165, 1.54) is 25.0 Å². The maximum absolute atomic E-state index is 13.1. The van der Waals surface area contributed by atoms with Gasteiger partial charge in [0.15, 0.2) is 0 Å². The number of hydrogen-bond donors (Lipinski definition) is 2. The van der Waals surface area contributed by atoms with Crippen LogP contribution in [0, 0.1) is 5.82 Å². The maximum atomic E-state index is 13.1. The molecule has 2 aromatic rings. The summed E-state index contributed by atoms with van der Waals surface area (Å²) in [6, 6.07) is 8.03. The molecular weight excluding hydrogens is 255 g/mol. The van der Waals surface area contributed by atoms with Crippen LogP contribution in [-0.4, -0.2) is 16.5 Å². The predicted octanol–water partition coefficient (Wildman–Crippen LogP) is 3.96. The molecule has 0 fully saturated rings. The van der Waals surface area contributed by atoms with Gasteiger partial charge in [-0.05, 0) is 30.7 Å². The molecule has 106 valence electrons. The number of anilines is 3. The van der Waals surface area contributed by atoms with Crippen molar-refractivity contribution in [2.75, 3.05) is 17.2 Å². The van der Waals surface area contributed by atoms with E-state index in [0.717, 1.165) is 13.0 Å². The number of benzene rings is 1. The van der Waals surface area contributed by atoms with E-state index in [4.69, 9.17) is 0 Å². The zero-order valence-corrected chi connectivity index (χ0v) is 11.6. The second kappa shape index (κ2) is 7.43. The van der Waals surface area contributed by atoms with Gasteiger partial charge in [-0.2, -0.15) is 4.98 Å². The highest BCUT2D eigenvalue weighted by atomic mass is 19.1. The van der Waals surface area contributed by atoms with Gasteiger partial charge >= 0.3 is 0 Å². The average Bonchev–Trinajstić information content (AvgIpc) is 2.44. The third-order valence-electron chi connectivity index (χ3n) is 2.82. The van der Waals surface area contributed by atoms with E-state index >= 15 is 0 Å². The van der Waals surface area contributed by atoms with Gasteiger partial charge in [0.2, 0.25) is 5.95 Å². The molecule has 0 radical (unpaired) electrons. The highest BCUT2D eigenvalue weighted by molar-refractivity contribution is 5.56. The Kier molecular flexibility index (Phi) is 5.29. The number of rotatable bonds is 7. The van der Waals surface area contributed by atoms with Gasteiger partial charge in [-0.3, -0.25) is 0 Å². The third kappa shape index (κ3) is 4.50. The molecule has 0 aliphatic carbocycles. The lowest BCUT2D eigenvalue weighted by atomic mass is 10.2. The molecular formula is C15H19FN4. The van der Waals surface area contributed by atoms with Crippen LogP contribution in [0.4, 0.5) is 21.8 Å². The average molecular weight is 274 g/mol. The molecule has 0 amide bonds. The summed E-state index contributed by atoms with van der Waals surface area (Å²) < 4.78 is 13.1. The zero-order valence-electron chi connectivity index (χ0n) is 11.6. The minimum Gasteiger partial charge on any atom is -0.354 e. The fourth-order valence-electron chi connectivity index (χ4n) is 1.80. The van der Waals surface area contributed by atoms with Crippen molar-refractivity contribution in [3.05, 3.63) is 42.3 Å². The molecule has 0 atom stereocenters. The van der Waals surface area contributed by atoms with E-state index in [9.17, 15) is 4.39 Å². The van der Waals surface area contributed by atoms with Crippen molar-refractivity contribution >= 4 is 17.5 Å². The molecule has 0 unspecified atom stereocenters. The third-order valence-corrected chi connectivity index (χ3v) is 2.82. The number of aromatic nitrogens is 2. The van der Waals surface area contributed by atoms with Gasteiger partial charge in [-0.1, -0.05) is 25.8 Å². The molecule has 20 heavy (non-hydrogen) atoms. The number of nitrogens with zero attached hydrogens (tertiary/aromatic N) is 2. The summed E-state index contributed by atoms with van der Waals surface area (Å²) in [5, 5.41) is 6.24. The number of nitrogens with one attached hydrogen (secondary N) is 2. The molecule has 0 aliphatic rings. The van der Waals surface area contributed by atoms with Crippen molar-refractivity contribution in [3.8, 4) is 0 Å². The Morgan fingerprint density at radius 1 is 1.20 bits per heavy atom. The highest BCUT2D eigenvalue weighted by Crippen LogP contribution is 2.16. The van der Waals surface area contributed by atoms with Crippen molar-refractivity contribution in [2.24, 2.45) is 0 Å². The molecule has 4 nitrogen and oxygen atoms in total. The molecule has 1 aromatic heterocycles. The Balaban J connectivity index is 1.95. The Labute approximate surface area is 118 Å². The van der Waals surface area contributed by atoms with Gasteiger partial charge in [0.1, 0.15) is 11.6 Å². The standard InChI is InChI=1S/C15H19FN4/c1-2-3-4-9-17-15-18-10-8-14(20-15)19-13-7-5-6-12(16)11-13/h5-8,10-11H,2-4,9H2,1H3,(H2,17,18,19,20). The molecule has 0 bridgehead atoms. The summed E-state index contributed by atoms with van der Waals surface area (Å²) in [5.41, 5.74) is 0.667. The van der Waals surface area contributed by atoms with Crippen molar-refractivity contribution in [2.45, 2.75) is 26.2 Å². The van der Waals surface area contributed by atoms with Gasteiger partial charge in [0.05, 0.1) is 0 Å². The number of hydrogen-bond acceptors (Lipinski definition) is 4. The van der Waals surface area contributed by atoms with Crippen LogP contribution in [0.2, 0.25) is 0 Å². The lowest BCUT2D eigenvalue weighted by molar-refractivity contribution is 0.628. The van der Waals surface area contributed by atoms with Crippen molar-refractivity contribution in [3.63, 3.8) is 0 Å². The van der Waals surface area contributed by atoms with Crippen LogP contribution in [0.25, 0.3) is 0 Å². The highest BCUT2D eigenvalue weighted by Gasteiger charge is 2.00. The van der Waals surface area contributed by atoms with Crippen LogP contribution in [0.3, 0.4) is 0 Å². The van der Waals surface area contributed by atoms with E-state index < -0.39 is 0 Å². The molecule has 0 saturated heterocycles. The van der Waals surface area contributed by atoms with E-state index in [2.05, 4.69) is 27.5 Å². The maximum Gasteiger partial charge on any atom is 0.224 e. The van der Waals surface area contributed by atoms with Crippen LogP contribution in [0.5, 0.6) is 0 Å². The second-order valence-corrected chi connectivity index (χ2v) is 4.53. The lowest BCUT2D eigenvalue weighted by Crippen LogP contribution is -2.06. The SMILES string of the molecule is CCCCCNc1nccc(Nc2cccc(F)c2)n1. The summed E-state index contributed by atoms with van der Waals surface area (Å²) in [4.78, 5) is 8.50. The Hall–Kier alpha value is -2.17. The minimum absolute atomic E-state index is 0.276.